The van der Waals surface area contributed by atoms with Crippen molar-refractivity contribution in [2.75, 3.05) is 26.4 Å². The summed E-state index contributed by atoms with van der Waals surface area (Å²) in [6.45, 7) is 14.7. The third-order valence-corrected chi connectivity index (χ3v) is 21.5. The molecule has 0 saturated heterocycles. The number of nitrogens with zero attached hydrogens (tertiary/aromatic N) is 6. The number of aromatic nitrogens is 4. The van der Waals surface area contributed by atoms with Gasteiger partial charge in [-0.15, -0.1) is 45.3 Å². The van der Waals surface area contributed by atoms with E-state index in [0.29, 0.717) is 63.2 Å². The van der Waals surface area contributed by atoms with E-state index in [9.17, 15) is 29.7 Å². The van der Waals surface area contributed by atoms with E-state index < -0.39 is 0 Å². The van der Waals surface area contributed by atoms with Crippen LogP contribution >= 0.6 is 77.2 Å². The van der Waals surface area contributed by atoms with E-state index in [1.807, 2.05) is 158 Å². The average Bonchev–Trinajstić information content (AvgIpc) is 1.77. The molecule has 0 radical (unpaired) electrons. The summed E-state index contributed by atoms with van der Waals surface area (Å²) < 4.78 is 26.8. The van der Waals surface area contributed by atoms with E-state index in [4.69, 9.17) is 18.9 Å². The van der Waals surface area contributed by atoms with Gasteiger partial charge in [0.15, 0.2) is 0 Å². The molecular weight excluding hydrogens is 1400 g/mol. The number of hydrogen-bond acceptors (Lipinski definition) is 19. The van der Waals surface area contributed by atoms with Gasteiger partial charge < -0.3 is 24.4 Å². The Bertz CT molecular complexity index is 4570. The summed E-state index contributed by atoms with van der Waals surface area (Å²) in [7, 11) is 0. The van der Waals surface area contributed by atoms with Crippen molar-refractivity contribution < 1.29 is 62.5 Å². The summed E-state index contributed by atoms with van der Waals surface area (Å²) in [6, 6.07) is 36.6. The second kappa shape index (κ2) is 35.8. The molecule has 0 saturated carbocycles. The standard InChI is InChI=1S/2C24H20N2O2S.C13H14BrNO2S.C12H12BrNO2S.Li.H2O/c2*1-3-28-24(27)15(2)10-18-11-17-13-26-14-22(23(17)29-18)21-9-8-16(12-25)19-6-4-5-7-20(19)21;1-3-17-13(16)8(2)4-10-5-9-6-15-7-11(14)12(9)18-10;1-2-16-11(15)4-3-9-5-8-6-14-7-10(13)12(8)17-9;;/h2*4-9,11,13-15H,3,10H2,1-2H3;5-8H,3-4H2,1-2H3;5-7H,2-4H2,1H3;;1H2/q;;;;+1;/p-1/t2*15-;;;;/m10..../s1. The molecule has 0 fully saturated rings. The van der Waals surface area contributed by atoms with Crippen molar-refractivity contribution >= 4 is 163 Å². The van der Waals surface area contributed by atoms with Crippen LogP contribution in [0.2, 0.25) is 0 Å². The average molecular weight is 1470 g/mol. The number of rotatable bonds is 18. The fourth-order valence-corrected chi connectivity index (χ4v) is 16.5. The molecule has 12 rings (SSSR count). The van der Waals surface area contributed by atoms with Crippen LogP contribution < -0.4 is 18.9 Å². The summed E-state index contributed by atoms with van der Waals surface area (Å²) in [5.41, 5.74) is 5.54. The van der Waals surface area contributed by atoms with Crippen LogP contribution in [0.4, 0.5) is 0 Å². The molecule has 3 atom stereocenters. The van der Waals surface area contributed by atoms with Crippen LogP contribution in [0.5, 0.6) is 0 Å². The molecule has 95 heavy (non-hydrogen) atoms. The van der Waals surface area contributed by atoms with Gasteiger partial charge in [0.2, 0.25) is 0 Å². The molecule has 8 aromatic heterocycles. The van der Waals surface area contributed by atoms with Crippen molar-refractivity contribution in [3.8, 4) is 34.4 Å². The first kappa shape index (κ1) is 74.6. The molecule has 482 valence electrons. The zero-order valence-corrected chi connectivity index (χ0v) is 60.2. The molecule has 0 amide bonds. The molecule has 0 aliphatic heterocycles. The first-order valence-electron chi connectivity index (χ1n) is 30.3. The van der Waals surface area contributed by atoms with Crippen LogP contribution in [0.25, 0.3) is 84.1 Å². The number of thiophene rings is 4. The quantitative estimate of drug-likeness (QED) is 0.0441. The molecule has 0 bridgehead atoms. The molecule has 12 aromatic rings. The molecule has 8 heterocycles. The number of pyridine rings is 4. The zero-order valence-electron chi connectivity index (χ0n) is 53.7. The minimum Gasteiger partial charge on any atom is -0.870 e. The fraction of sp³-hybridized carbons (Fsp3) is 0.260. The van der Waals surface area contributed by atoms with Gasteiger partial charge in [-0.25, -0.2) is 0 Å². The van der Waals surface area contributed by atoms with E-state index in [0.717, 1.165) is 99.9 Å². The molecular formula is C73H67Br2LiN6O9S4. The number of hydrogen-bond donors (Lipinski definition) is 0. The van der Waals surface area contributed by atoms with Gasteiger partial charge in [-0.2, -0.15) is 10.5 Å². The van der Waals surface area contributed by atoms with Gasteiger partial charge in [0.25, 0.3) is 0 Å². The number of esters is 4. The SMILES string of the molecule is CCOC(=O)C(C)Cc1cc2cncc(Br)c2s1.CCOC(=O)CCc1cc2cncc(Br)c2s1.CCOC(=O)[C@@H](C)Cc1cc2cncc(-c3ccc(C#N)c4ccccc34)c2s1.CCOC(=O)[C@H](C)Cc1cc2cncc(-c3ccc(C#N)c4ccccc34)c2s1.[Li+].[OH-]. The Morgan fingerprint density at radius 2 is 0.768 bits per heavy atom. The Kier molecular flexibility index (Phi) is 28.1. The van der Waals surface area contributed by atoms with Crippen LogP contribution in [0.1, 0.15) is 85.5 Å². The fourth-order valence-electron chi connectivity index (χ4n) is 10.5. The maximum Gasteiger partial charge on any atom is 1.00 e. The molecule has 0 spiro atoms. The van der Waals surface area contributed by atoms with Gasteiger partial charge in [0, 0.05) is 122 Å². The van der Waals surface area contributed by atoms with Gasteiger partial charge in [-0.05, 0) is 144 Å². The molecule has 1 N–H and O–H groups in total. The minimum absolute atomic E-state index is 0. The Balaban J connectivity index is 0.000000183. The summed E-state index contributed by atoms with van der Waals surface area (Å²) in [4.78, 5) is 68.6. The molecule has 4 aromatic carbocycles. The zero-order chi connectivity index (χ0) is 66.1. The van der Waals surface area contributed by atoms with Crippen molar-refractivity contribution in [1.82, 2.24) is 19.9 Å². The van der Waals surface area contributed by atoms with Crippen molar-refractivity contribution in [3.05, 3.63) is 186 Å². The number of benzene rings is 4. The Morgan fingerprint density at radius 1 is 0.442 bits per heavy atom. The van der Waals surface area contributed by atoms with Gasteiger partial charge in [-0.3, -0.25) is 39.1 Å². The van der Waals surface area contributed by atoms with E-state index in [2.05, 4.69) is 88.2 Å². The second-order valence-electron chi connectivity index (χ2n) is 21.7. The van der Waals surface area contributed by atoms with Crippen LogP contribution in [-0.4, -0.2) is 75.7 Å². The number of fused-ring (bicyclic) bond motifs is 6. The number of aryl methyl sites for hydroxylation is 1. The monoisotopic (exact) mass is 1460 g/mol. The van der Waals surface area contributed by atoms with Crippen LogP contribution in [-0.2, 0) is 63.8 Å². The van der Waals surface area contributed by atoms with E-state index in [-0.39, 0.29) is 66.0 Å². The van der Waals surface area contributed by atoms with E-state index in [1.165, 1.54) is 19.2 Å². The third-order valence-electron chi connectivity index (χ3n) is 14.9. The first-order chi connectivity index (χ1) is 45.1. The summed E-state index contributed by atoms with van der Waals surface area (Å²) >= 11 is 13.7. The molecule has 0 aliphatic carbocycles. The van der Waals surface area contributed by atoms with Gasteiger partial charge in [0.1, 0.15) is 0 Å². The number of carbonyl (C=O) groups is 4. The summed E-state index contributed by atoms with van der Waals surface area (Å²) in [5, 5.41) is 27.2. The van der Waals surface area contributed by atoms with Crippen molar-refractivity contribution in [1.29, 1.82) is 10.5 Å². The Labute approximate surface area is 596 Å². The third kappa shape index (κ3) is 18.6. The first-order valence-corrected chi connectivity index (χ1v) is 35.2. The Hall–Kier alpha value is -7.78. The van der Waals surface area contributed by atoms with Gasteiger partial charge in [-0.1, -0.05) is 81.4 Å². The normalized spacial score (nSPS) is 11.7. The van der Waals surface area contributed by atoms with Crippen LogP contribution in [0.15, 0.2) is 156 Å². The van der Waals surface area contributed by atoms with Gasteiger partial charge >= 0.3 is 42.7 Å². The summed E-state index contributed by atoms with van der Waals surface area (Å²) in [6.07, 6.45) is 17.9. The van der Waals surface area contributed by atoms with Crippen LogP contribution in [0, 0.1) is 40.4 Å². The van der Waals surface area contributed by atoms with Gasteiger partial charge in [0.05, 0.1) is 92.2 Å². The summed E-state index contributed by atoms with van der Waals surface area (Å²) in [5.74, 6) is -1.08. The topological polar surface area (TPSA) is 234 Å². The van der Waals surface area contributed by atoms with Crippen LogP contribution in [0.3, 0.4) is 0 Å². The van der Waals surface area contributed by atoms with Crippen molar-refractivity contribution in [2.45, 2.75) is 80.6 Å². The predicted molar refractivity (Wildman–Crippen MR) is 385 cm³/mol. The number of ether oxygens (including phenoxy) is 4. The molecule has 0 aliphatic rings. The molecule has 1 unspecified atom stereocenters. The molecule has 15 nitrogen and oxygen atoms in total. The van der Waals surface area contributed by atoms with Crippen molar-refractivity contribution in [2.24, 2.45) is 17.8 Å². The van der Waals surface area contributed by atoms with Crippen molar-refractivity contribution in [3.63, 3.8) is 0 Å². The molecule has 22 heteroatoms. The number of nitriles is 2. The van der Waals surface area contributed by atoms with E-state index in [1.54, 1.807) is 57.7 Å². The minimum atomic E-state index is -0.185. The number of halogens is 2. The maximum absolute atomic E-state index is 12.0. The van der Waals surface area contributed by atoms with E-state index >= 15 is 0 Å². The maximum atomic E-state index is 12.0. The Morgan fingerprint density at radius 3 is 1.13 bits per heavy atom. The largest absolute Gasteiger partial charge is 1.00 e. The second-order valence-corrected chi connectivity index (χ2v) is 27.9. The predicted octanol–water partition coefficient (Wildman–Crippen LogP) is 15.6. The smallest absolute Gasteiger partial charge is 0.870 e. The number of carbonyl (C=O) groups excluding carboxylic acids is 4.